The first-order valence-electron chi connectivity index (χ1n) is 8.99. The number of hydrogen-bond acceptors (Lipinski definition) is 3. The summed E-state index contributed by atoms with van der Waals surface area (Å²) in [6, 6.07) is 11.5. The first kappa shape index (κ1) is 20.4. The Bertz CT molecular complexity index is 809. The van der Waals surface area contributed by atoms with Gasteiger partial charge >= 0.3 is 6.61 Å². The zero-order valence-corrected chi connectivity index (χ0v) is 16.3. The highest BCUT2D eigenvalue weighted by atomic mass is 32.1. The van der Waals surface area contributed by atoms with Crippen LogP contribution in [0.5, 0.6) is 5.75 Å². The van der Waals surface area contributed by atoms with Gasteiger partial charge in [0.1, 0.15) is 11.6 Å². The molecule has 0 amide bonds. The lowest BCUT2D eigenvalue weighted by atomic mass is 10.2. The first-order chi connectivity index (χ1) is 13.4. The topological polar surface area (TPSA) is 27.7 Å². The Morgan fingerprint density at radius 2 is 1.79 bits per heavy atom. The number of rotatable bonds is 5. The molecule has 1 fully saturated rings. The Morgan fingerprint density at radius 1 is 1.11 bits per heavy atom. The van der Waals surface area contributed by atoms with Crippen LogP contribution < -0.4 is 10.1 Å². The summed E-state index contributed by atoms with van der Waals surface area (Å²) in [6.45, 7) is 2.68. The van der Waals surface area contributed by atoms with Crippen LogP contribution in [0.3, 0.4) is 0 Å². The number of ether oxygens (including phenoxy) is 1. The molecule has 1 aliphatic rings. The van der Waals surface area contributed by atoms with Crippen LogP contribution in [0.4, 0.5) is 18.9 Å². The number of benzene rings is 2. The molecule has 4 nitrogen and oxygen atoms in total. The van der Waals surface area contributed by atoms with Crippen LogP contribution >= 0.6 is 12.2 Å². The number of halogens is 3. The van der Waals surface area contributed by atoms with Gasteiger partial charge in [-0.05, 0) is 54.5 Å². The third kappa shape index (κ3) is 5.59. The van der Waals surface area contributed by atoms with E-state index in [0.29, 0.717) is 23.9 Å². The zero-order chi connectivity index (χ0) is 20.1. The fourth-order valence-corrected chi connectivity index (χ4v) is 3.37. The molecule has 0 atom stereocenters. The summed E-state index contributed by atoms with van der Waals surface area (Å²) >= 11 is 5.46. The standard InChI is InChI=1S/C20H22F3N3OS/c1-14-2-7-17(18(12-14)27-19(22)23)24-20(28)26-10-8-25(9-11-26)13-15-3-5-16(21)6-4-15/h2-7,12,19H,8-11,13H2,1H3,(H,24,28). The number of thiocarbonyl (C=S) groups is 1. The molecule has 0 aromatic heterocycles. The van der Waals surface area contributed by atoms with Gasteiger partial charge in [-0.2, -0.15) is 8.78 Å². The van der Waals surface area contributed by atoms with Gasteiger partial charge in [-0.1, -0.05) is 18.2 Å². The quantitative estimate of drug-likeness (QED) is 0.746. The number of alkyl halides is 2. The van der Waals surface area contributed by atoms with Crippen molar-refractivity contribution in [3.8, 4) is 5.75 Å². The van der Waals surface area contributed by atoms with Crippen molar-refractivity contribution in [2.45, 2.75) is 20.1 Å². The molecule has 150 valence electrons. The third-order valence-corrected chi connectivity index (χ3v) is 4.93. The molecule has 0 spiro atoms. The summed E-state index contributed by atoms with van der Waals surface area (Å²) in [5, 5.41) is 3.50. The van der Waals surface area contributed by atoms with Gasteiger partial charge in [0, 0.05) is 32.7 Å². The molecule has 2 aromatic rings. The smallest absolute Gasteiger partial charge is 0.387 e. The Hall–Kier alpha value is -2.32. The molecular weight excluding hydrogens is 387 g/mol. The van der Waals surface area contributed by atoms with Crippen molar-refractivity contribution >= 4 is 23.0 Å². The summed E-state index contributed by atoms with van der Waals surface area (Å²) in [5.41, 5.74) is 2.30. The number of nitrogens with zero attached hydrogens (tertiary/aromatic N) is 2. The second kappa shape index (κ2) is 9.25. The van der Waals surface area contributed by atoms with Crippen LogP contribution in [0.1, 0.15) is 11.1 Å². The average molecular weight is 409 g/mol. The van der Waals surface area contributed by atoms with E-state index in [2.05, 4.69) is 15.0 Å². The van der Waals surface area contributed by atoms with Crippen molar-refractivity contribution in [2.24, 2.45) is 0 Å². The zero-order valence-electron chi connectivity index (χ0n) is 15.5. The molecular formula is C20H22F3N3OS. The minimum Gasteiger partial charge on any atom is -0.433 e. The highest BCUT2D eigenvalue weighted by molar-refractivity contribution is 7.80. The van der Waals surface area contributed by atoms with Gasteiger partial charge in [0.2, 0.25) is 0 Å². The van der Waals surface area contributed by atoms with Crippen molar-refractivity contribution in [3.63, 3.8) is 0 Å². The minimum atomic E-state index is -2.90. The molecule has 0 aliphatic carbocycles. The van der Waals surface area contributed by atoms with Gasteiger partial charge in [0.15, 0.2) is 5.11 Å². The maximum absolute atomic E-state index is 13.0. The van der Waals surface area contributed by atoms with Gasteiger partial charge < -0.3 is 15.0 Å². The Labute approximate surface area is 167 Å². The largest absolute Gasteiger partial charge is 0.433 e. The van der Waals surface area contributed by atoms with Crippen LogP contribution in [0, 0.1) is 12.7 Å². The Morgan fingerprint density at radius 3 is 2.43 bits per heavy atom. The lowest BCUT2D eigenvalue weighted by Gasteiger charge is -2.36. The van der Waals surface area contributed by atoms with Gasteiger partial charge in [0.05, 0.1) is 5.69 Å². The predicted molar refractivity (Wildman–Crippen MR) is 107 cm³/mol. The molecule has 1 aliphatic heterocycles. The van der Waals surface area contributed by atoms with Crippen LogP contribution in [0.15, 0.2) is 42.5 Å². The maximum atomic E-state index is 13.0. The van der Waals surface area contributed by atoms with E-state index in [-0.39, 0.29) is 11.6 Å². The third-order valence-electron chi connectivity index (χ3n) is 4.57. The van der Waals surface area contributed by atoms with E-state index in [4.69, 9.17) is 12.2 Å². The SMILES string of the molecule is Cc1ccc(NC(=S)N2CCN(Cc3ccc(F)cc3)CC2)c(OC(F)F)c1. The molecule has 1 N–H and O–H groups in total. The van der Waals surface area contributed by atoms with E-state index in [1.54, 1.807) is 31.2 Å². The molecule has 28 heavy (non-hydrogen) atoms. The van der Waals surface area contributed by atoms with Crippen molar-refractivity contribution in [1.82, 2.24) is 9.80 Å². The molecule has 0 bridgehead atoms. The predicted octanol–water partition coefficient (Wildman–Crippen LogP) is 4.25. The number of aryl methyl sites for hydroxylation is 1. The number of piperazine rings is 1. The summed E-state index contributed by atoms with van der Waals surface area (Å²) in [7, 11) is 0. The van der Waals surface area contributed by atoms with Crippen LogP contribution in [0.25, 0.3) is 0 Å². The maximum Gasteiger partial charge on any atom is 0.387 e. The summed E-state index contributed by atoms with van der Waals surface area (Å²) in [6.07, 6.45) is 0. The van der Waals surface area contributed by atoms with Gasteiger partial charge in [-0.25, -0.2) is 4.39 Å². The highest BCUT2D eigenvalue weighted by Gasteiger charge is 2.20. The number of nitrogens with one attached hydrogen (secondary N) is 1. The van der Waals surface area contributed by atoms with Crippen molar-refractivity contribution in [3.05, 3.63) is 59.4 Å². The van der Waals surface area contributed by atoms with Crippen molar-refractivity contribution in [2.75, 3.05) is 31.5 Å². The Balaban J connectivity index is 1.55. The van der Waals surface area contributed by atoms with E-state index in [0.717, 1.165) is 30.8 Å². The van der Waals surface area contributed by atoms with E-state index < -0.39 is 6.61 Å². The van der Waals surface area contributed by atoms with E-state index >= 15 is 0 Å². The van der Waals surface area contributed by atoms with E-state index in [9.17, 15) is 13.2 Å². The molecule has 0 saturated carbocycles. The lowest BCUT2D eigenvalue weighted by molar-refractivity contribution is -0.0493. The molecule has 1 saturated heterocycles. The highest BCUT2D eigenvalue weighted by Crippen LogP contribution is 2.28. The first-order valence-corrected chi connectivity index (χ1v) is 9.40. The Kier molecular flexibility index (Phi) is 6.74. The second-order valence-corrected chi connectivity index (χ2v) is 7.08. The molecule has 3 rings (SSSR count). The molecule has 0 radical (unpaired) electrons. The van der Waals surface area contributed by atoms with E-state index in [1.807, 2.05) is 11.0 Å². The van der Waals surface area contributed by atoms with Gasteiger partial charge in [0.25, 0.3) is 0 Å². The second-order valence-electron chi connectivity index (χ2n) is 6.70. The minimum absolute atomic E-state index is 0.0762. The average Bonchev–Trinajstić information content (AvgIpc) is 2.66. The molecule has 0 unspecified atom stereocenters. The number of anilines is 1. The van der Waals surface area contributed by atoms with Crippen LogP contribution in [-0.4, -0.2) is 47.7 Å². The van der Waals surface area contributed by atoms with Gasteiger partial charge in [-0.15, -0.1) is 0 Å². The van der Waals surface area contributed by atoms with Gasteiger partial charge in [-0.3, -0.25) is 4.90 Å². The van der Waals surface area contributed by atoms with Crippen LogP contribution in [-0.2, 0) is 6.54 Å². The fraction of sp³-hybridized carbons (Fsp3) is 0.350. The molecule has 8 heteroatoms. The van der Waals surface area contributed by atoms with E-state index in [1.165, 1.54) is 12.1 Å². The molecule has 1 heterocycles. The summed E-state index contributed by atoms with van der Waals surface area (Å²) < 4.78 is 42.9. The van der Waals surface area contributed by atoms with Crippen LogP contribution in [0.2, 0.25) is 0 Å². The summed E-state index contributed by atoms with van der Waals surface area (Å²) in [4.78, 5) is 4.27. The van der Waals surface area contributed by atoms with Crippen molar-refractivity contribution < 1.29 is 17.9 Å². The number of hydrogen-bond donors (Lipinski definition) is 1. The fourth-order valence-electron chi connectivity index (χ4n) is 3.08. The summed E-state index contributed by atoms with van der Waals surface area (Å²) in [5.74, 6) is -0.163. The van der Waals surface area contributed by atoms with Crippen molar-refractivity contribution in [1.29, 1.82) is 0 Å². The normalized spacial score (nSPS) is 15.0. The monoisotopic (exact) mass is 409 g/mol. The lowest BCUT2D eigenvalue weighted by Crippen LogP contribution is -2.49. The molecule has 2 aromatic carbocycles.